The van der Waals surface area contributed by atoms with Gasteiger partial charge in [-0.15, -0.1) is 0 Å². The standard InChI is InChI=1S/C11H20N2O2/c1-15-11(14)9-6-10(8-12-7-9)13-4-2-3-5-13/h9-10,12H,2-8H2,1H3/t9-,10-/m0/s1. The number of methoxy groups -OCH3 is 1. The van der Waals surface area contributed by atoms with Crippen LogP contribution in [0.4, 0.5) is 0 Å². The Kier molecular flexibility index (Phi) is 3.59. The number of esters is 1. The number of carbonyl (C=O) groups is 1. The minimum absolute atomic E-state index is 0.0503. The van der Waals surface area contributed by atoms with Crippen LogP contribution in [-0.2, 0) is 9.53 Å². The monoisotopic (exact) mass is 212 g/mol. The van der Waals surface area contributed by atoms with Crippen molar-refractivity contribution in [1.29, 1.82) is 0 Å². The number of nitrogens with zero attached hydrogens (tertiary/aromatic N) is 1. The van der Waals surface area contributed by atoms with Gasteiger partial charge in [0.25, 0.3) is 0 Å². The molecule has 4 heteroatoms. The van der Waals surface area contributed by atoms with Crippen LogP contribution in [0.3, 0.4) is 0 Å². The normalized spacial score (nSPS) is 32.9. The first kappa shape index (κ1) is 10.9. The van der Waals surface area contributed by atoms with Gasteiger partial charge in [-0.05, 0) is 32.4 Å². The summed E-state index contributed by atoms with van der Waals surface area (Å²) in [6.45, 7) is 4.19. The summed E-state index contributed by atoms with van der Waals surface area (Å²) < 4.78 is 4.80. The Balaban J connectivity index is 1.88. The molecule has 15 heavy (non-hydrogen) atoms. The lowest BCUT2D eigenvalue weighted by atomic mass is 9.95. The lowest BCUT2D eigenvalue weighted by Crippen LogP contribution is -2.50. The van der Waals surface area contributed by atoms with Gasteiger partial charge >= 0.3 is 5.97 Å². The SMILES string of the molecule is COC(=O)[C@@H]1CNC[C@@H](N2CCCC2)C1. The van der Waals surface area contributed by atoms with Gasteiger partial charge in [-0.2, -0.15) is 0 Å². The molecule has 86 valence electrons. The highest BCUT2D eigenvalue weighted by molar-refractivity contribution is 5.72. The van der Waals surface area contributed by atoms with Crippen LogP contribution in [-0.4, -0.2) is 50.2 Å². The third kappa shape index (κ3) is 2.49. The van der Waals surface area contributed by atoms with E-state index in [0.717, 1.165) is 19.5 Å². The maximum absolute atomic E-state index is 11.4. The molecule has 2 rings (SSSR count). The molecule has 0 saturated carbocycles. The molecule has 2 saturated heterocycles. The zero-order valence-electron chi connectivity index (χ0n) is 9.37. The Labute approximate surface area is 91.0 Å². The van der Waals surface area contributed by atoms with E-state index in [9.17, 15) is 4.79 Å². The number of hydrogen-bond donors (Lipinski definition) is 1. The van der Waals surface area contributed by atoms with Crippen molar-refractivity contribution in [3.8, 4) is 0 Å². The summed E-state index contributed by atoms with van der Waals surface area (Å²) in [5.41, 5.74) is 0. The second-order valence-electron chi connectivity index (χ2n) is 4.51. The molecule has 4 nitrogen and oxygen atoms in total. The molecule has 0 aromatic carbocycles. The van der Waals surface area contributed by atoms with Crippen LogP contribution in [0.5, 0.6) is 0 Å². The molecule has 0 aromatic heterocycles. The van der Waals surface area contributed by atoms with Crippen molar-refractivity contribution in [2.75, 3.05) is 33.3 Å². The number of hydrogen-bond acceptors (Lipinski definition) is 4. The minimum atomic E-state index is -0.0635. The number of piperidine rings is 1. The van der Waals surface area contributed by atoms with Crippen molar-refractivity contribution in [3.05, 3.63) is 0 Å². The van der Waals surface area contributed by atoms with Gasteiger partial charge in [0, 0.05) is 19.1 Å². The van der Waals surface area contributed by atoms with E-state index in [2.05, 4.69) is 10.2 Å². The van der Waals surface area contributed by atoms with Crippen molar-refractivity contribution >= 4 is 5.97 Å². The van der Waals surface area contributed by atoms with Crippen molar-refractivity contribution in [1.82, 2.24) is 10.2 Å². The summed E-state index contributed by atoms with van der Waals surface area (Å²) >= 11 is 0. The Hall–Kier alpha value is -0.610. The van der Waals surface area contributed by atoms with Crippen molar-refractivity contribution in [2.24, 2.45) is 5.92 Å². The maximum atomic E-state index is 11.4. The van der Waals surface area contributed by atoms with Crippen LogP contribution in [0, 0.1) is 5.92 Å². The van der Waals surface area contributed by atoms with E-state index in [4.69, 9.17) is 4.74 Å². The molecule has 0 amide bonds. The van der Waals surface area contributed by atoms with Gasteiger partial charge in [0.15, 0.2) is 0 Å². The fourth-order valence-electron chi connectivity index (χ4n) is 2.65. The molecular weight excluding hydrogens is 192 g/mol. The molecule has 2 atom stereocenters. The van der Waals surface area contributed by atoms with Gasteiger partial charge in [-0.3, -0.25) is 9.69 Å². The third-order valence-corrected chi connectivity index (χ3v) is 3.52. The van der Waals surface area contributed by atoms with Gasteiger partial charge in [-0.25, -0.2) is 0 Å². The number of likely N-dealkylation sites (tertiary alicyclic amines) is 1. The molecule has 2 fully saturated rings. The van der Waals surface area contributed by atoms with Gasteiger partial charge < -0.3 is 10.1 Å². The van der Waals surface area contributed by atoms with E-state index in [1.165, 1.54) is 33.0 Å². The molecule has 0 unspecified atom stereocenters. The smallest absolute Gasteiger partial charge is 0.310 e. The van der Waals surface area contributed by atoms with E-state index >= 15 is 0 Å². The van der Waals surface area contributed by atoms with Crippen molar-refractivity contribution in [3.63, 3.8) is 0 Å². The van der Waals surface area contributed by atoms with Crippen LogP contribution in [0.2, 0.25) is 0 Å². The van der Waals surface area contributed by atoms with Gasteiger partial charge in [-0.1, -0.05) is 0 Å². The fourth-order valence-corrected chi connectivity index (χ4v) is 2.65. The summed E-state index contributed by atoms with van der Waals surface area (Å²) in [6.07, 6.45) is 3.57. The molecule has 0 radical (unpaired) electrons. The molecular formula is C11H20N2O2. The zero-order chi connectivity index (χ0) is 10.7. The van der Waals surface area contributed by atoms with E-state index in [1.54, 1.807) is 0 Å². The summed E-state index contributed by atoms with van der Waals surface area (Å²) in [4.78, 5) is 13.9. The zero-order valence-corrected chi connectivity index (χ0v) is 9.37. The fraction of sp³-hybridized carbons (Fsp3) is 0.909. The van der Waals surface area contributed by atoms with Crippen LogP contribution in [0.15, 0.2) is 0 Å². The first-order valence-electron chi connectivity index (χ1n) is 5.84. The van der Waals surface area contributed by atoms with Crippen molar-refractivity contribution in [2.45, 2.75) is 25.3 Å². The van der Waals surface area contributed by atoms with Crippen LogP contribution in [0.25, 0.3) is 0 Å². The summed E-state index contributed by atoms with van der Waals surface area (Å²) in [7, 11) is 1.47. The first-order chi connectivity index (χ1) is 7.31. The molecule has 2 aliphatic heterocycles. The first-order valence-corrected chi connectivity index (χ1v) is 5.84. The Morgan fingerprint density at radius 2 is 2.07 bits per heavy atom. The van der Waals surface area contributed by atoms with Crippen molar-refractivity contribution < 1.29 is 9.53 Å². The predicted molar refractivity (Wildman–Crippen MR) is 57.6 cm³/mol. The number of nitrogens with one attached hydrogen (secondary N) is 1. The largest absolute Gasteiger partial charge is 0.469 e. The number of rotatable bonds is 2. The molecule has 0 bridgehead atoms. The predicted octanol–water partition coefficient (Wildman–Crippen LogP) is 0.233. The van der Waals surface area contributed by atoms with Crippen LogP contribution < -0.4 is 5.32 Å². The molecule has 2 aliphatic rings. The lowest BCUT2D eigenvalue weighted by Gasteiger charge is -2.34. The van der Waals surface area contributed by atoms with E-state index in [-0.39, 0.29) is 11.9 Å². The van der Waals surface area contributed by atoms with E-state index in [1.807, 2.05) is 0 Å². The Bertz CT molecular complexity index is 227. The second kappa shape index (κ2) is 4.94. The summed E-state index contributed by atoms with van der Waals surface area (Å²) in [5, 5.41) is 3.33. The van der Waals surface area contributed by atoms with Gasteiger partial charge in [0.2, 0.25) is 0 Å². The topological polar surface area (TPSA) is 41.6 Å². The summed E-state index contributed by atoms with van der Waals surface area (Å²) in [5.74, 6) is -0.0132. The summed E-state index contributed by atoms with van der Waals surface area (Å²) in [6, 6.07) is 0.533. The highest BCUT2D eigenvalue weighted by Gasteiger charge is 2.31. The molecule has 1 N–H and O–H groups in total. The minimum Gasteiger partial charge on any atom is -0.469 e. The quantitative estimate of drug-likeness (QED) is 0.665. The highest BCUT2D eigenvalue weighted by Crippen LogP contribution is 2.20. The van der Waals surface area contributed by atoms with E-state index < -0.39 is 0 Å². The maximum Gasteiger partial charge on any atom is 0.310 e. The number of ether oxygens (including phenoxy) is 1. The van der Waals surface area contributed by atoms with Crippen LogP contribution in [0.1, 0.15) is 19.3 Å². The molecule has 0 spiro atoms. The average molecular weight is 212 g/mol. The average Bonchev–Trinajstić information content (AvgIpc) is 2.82. The Morgan fingerprint density at radius 3 is 2.73 bits per heavy atom. The van der Waals surface area contributed by atoms with Crippen LogP contribution >= 0.6 is 0 Å². The van der Waals surface area contributed by atoms with Gasteiger partial charge in [0.05, 0.1) is 13.0 Å². The second-order valence-corrected chi connectivity index (χ2v) is 4.51. The molecule has 0 aromatic rings. The Morgan fingerprint density at radius 1 is 1.33 bits per heavy atom. The molecule has 0 aliphatic carbocycles. The van der Waals surface area contributed by atoms with E-state index in [0.29, 0.717) is 6.04 Å². The third-order valence-electron chi connectivity index (χ3n) is 3.52. The highest BCUT2D eigenvalue weighted by atomic mass is 16.5. The number of carbonyl (C=O) groups excluding carboxylic acids is 1. The van der Waals surface area contributed by atoms with Gasteiger partial charge in [0.1, 0.15) is 0 Å². The lowest BCUT2D eigenvalue weighted by molar-refractivity contribution is -0.146. The molecule has 2 heterocycles.